The van der Waals surface area contributed by atoms with Gasteiger partial charge in [-0.25, -0.2) is 13.4 Å². The van der Waals surface area contributed by atoms with E-state index < -0.39 is 10.0 Å². The van der Waals surface area contributed by atoms with Crippen molar-refractivity contribution < 1.29 is 17.9 Å². The molecule has 3 heterocycles. The number of ether oxygens (including phenoxy) is 1. The number of hydrogen-bond donors (Lipinski definition) is 0. The Bertz CT molecular complexity index is 1060. The summed E-state index contributed by atoms with van der Waals surface area (Å²) in [5.41, 5.74) is 2.86. The minimum absolute atomic E-state index is 0.0102. The first-order chi connectivity index (χ1) is 15.8. The number of hydrogen-bond acceptors (Lipinski definition) is 6. The predicted molar refractivity (Wildman–Crippen MR) is 129 cm³/mol. The summed E-state index contributed by atoms with van der Waals surface area (Å²) in [4.78, 5) is 19.3. The minimum Gasteiger partial charge on any atom is -0.376 e. The first kappa shape index (κ1) is 24.3. The molecule has 0 unspecified atom stereocenters. The Morgan fingerprint density at radius 3 is 2.55 bits per heavy atom. The van der Waals surface area contributed by atoms with E-state index >= 15 is 0 Å². The molecule has 8 nitrogen and oxygen atoms in total. The molecule has 10 heteroatoms. The van der Waals surface area contributed by atoms with E-state index in [1.807, 2.05) is 37.3 Å². The maximum absolute atomic E-state index is 12.8. The molecule has 1 aromatic carbocycles. The minimum atomic E-state index is -3.40. The van der Waals surface area contributed by atoms with Crippen molar-refractivity contribution in [2.45, 2.75) is 50.2 Å². The monoisotopic (exact) mass is 492 g/mol. The van der Waals surface area contributed by atoms with Gasteiger partial charge in [0.25, 0.3) is 0 Å². The molecule has 2 aromatic rings. The Labute approximate surface area is 200 Å². The van der Waals surface area contributed by atoms with Gasteiger partial charge in [0, 0.05) is 38.5 Å². The van der Waals surface area contributed by atoms with Crippen LogP contribution in [0.25, 0.3) is 0 Å². The molecule has 1 aromatic heterocycles. The molecule has 180 valence electrons. The molecule has 0 N–H and O–H groups in total. The number of nitrogens with zero attached hydrogens (tertiary/aromatic N) is 4. The highest BCUT2D eigenvalue weighted by molar-refractivity contribution is 7.99. The zero-order chi connectivity index (χ0) is 23.4. The van der Waals surface area contributed by atoms with Gasteiger partial charge < -0.3 is 14.2 Å². The van der Waals surface area contributed by atoms with Crippen LogP contribution >= 0.6 is 11.8 Å². The average molecular weight is 493 g/mol. The maximum atomic E-state index is 12.8. The number of imidazole rings is 1. The molecule has 2 aliphatic rings. The lowest BCUT2D eigenvalue weighted by Crippen LogP contribution is -2.51. The van der Waals surface area contributed by atoms with Gasteiger partial charge in [-0.3, -0.25) is 4.79 Å². The van der Waals surface area contributed by atoms with Crippen LogP contribution in [0.5, 0.6) is 0 Å². The first-order valence-corrected chi connectivity index (χ1v) is 14.0. The highest BCUT2D eigenvalue weighted by Crippen LogP contribution is 2.25. The zero-order valence-corrected chi connectivity index (χ0v) is 20.9. The summed E-state index contributed by atoms with van der Waals surface area (Å²) in [7, 11) is -3.40. The van der Waals surface area contributed by atoms with Crippen molar-refractivity contribution in [2.24, 2.45) is 0 Å². The Hall–Kier alpha value is -1.88. The number of amides is 1. The largest absolute Gasteiger partial charge is 0.376 e. The molecule has 0 bridgehead atoms. The van der Waals surface area contributed by atoms with Crippen molar-refractivity contribution in [2.75, 3.05) is 38.5 Å². The number of rotatable bonds is 8. The lowest BCUT2D eigenvalue weighted by molar-refractivity contribution is -0.129. The van der Waals surface area contributed by atoms with Gasteiger partial charge in [0.05, 0.1) is 29.8 Å². The number of aryl methyl sites for hydroxylation is 1. The fourth-order valence-electron chi connectivity index (χ4n) is 4.25. The Morgan fingerprint density at radius 2 is 1.88 bits per heavy atom. The van der Waals surface area contributed by atoms with E-state index in [4.69, 9.17) is 4.74 Å². The van der Waals surface area contributed by atoms with Crippen LogP contribution in [0.2, 0.25) is 0 Å². The smallest absolute Gasteiger partial charge is 0.233 e. The molecule has 2 fully saturated rings. The van der Waals surface area contributed by atoms with E-state index in [0.717, 1.165) is 48.1 Å². The fourth-order valence-corrected chi connectivity index (χ4v) is 6.77. The zero-order valence-electron chi connectivity index (χ0n) is 19.3. The summed E-state index contributed by atoms with van der Waals surface area (Å²) in [5, 5.41) is 0.845. The highest BCUT2D eigenvalue weighted by Gasteiger charge is 2.29. The van der Waals surface area contributed by atoms with E-state index in [0.29, 0.717) is 26.2 Å². The van der Waals surface area contributed by atoms with E-state index in [1.165, 1.54) is 16.1 Å². The van der Waals surface area contributed by atoms with Crippen molar-refractivity contribution in [1.82, 2.24) is 18.8 Å². The Morgan fingerprint density at radius 1 is 1.15 bits per heavy atom. The Kier molecular flexibility index (Phi) is 7.78. The average Bonchev–Trinajstić information content (AvgIpc) is 3.42. The third-order valence-electron chi connectivity index (χ3n) is 6.33. The molecular formula is C23H32N4O4S2. The quantitative estimate of drug-likeness (QED) is 0.527. The third kappa shape index (κ3) is 5.98. The van der Waals surface area contributed by atoms with Crippen LogP contribution in [0, 0.1) is 13.8 Å². The molecule has 0 aliphatic carbocycles. The summed E-state index contributed by atoms with van der Waals surface area (Å²) in [5.74, 6) is 0.295. The van der Waals surface area contributed by atoms with Crippen LogP contribution in [0.3, 0.4) is 0 Å². The molecule has 2 saturated heterocycles. The maximum Gasteiger partial charge on any atom is 0.233 e. The third-order valence-corrected chi connectivity index (χ3v) is 9.15. The molecule has 0 radical (unpaired) electrons. The van der Waals surface area contributed by atoms with Crippen LogP contribution in [0.1, 0.15) is 29.8 Å². The van der Waals surface area contributed by atoms with Gasteiger partial charge >= 0.3 is 0 Å². The summed E-state index contributed by atoms with van der Waals surface area (Å²) in [6.45, 7) is 7.10. The molecule has 2 aliphatic heterocycles. The molecule has 1 amide bonds. The number of thioether (sulfide) groups is 1. The van der Waals surface area contributed by atoms with E-state index in [2.05, 4.69) is 16.5 Å². The normalized spacial score (nSPS) is 19.8. The van der Waals surface area contributed by atoms with Gasteiger partial charge in [-0.1, -0.05) is 42.1 Å². The van der Waals surface area contributed by atoms with Crippen molar-refractivity contribution in [3.63, 3.8) is 0 Å². The summed E-state index contributed by atoms with van der Waals surface area (Å²) < 4.78 is 35.0. The molecule has 1 atom stereocenters. The van der Waals surface area contributed by atoms with Gasteiger partial charge in [-0.2, -0.15) is 4.31 Å². The van der Waals surface area contributed by atoms with Crippen LogP contribution < -0.4 is 0 Å². The number of carbonyl (C=O) groups excluding carboxylic acids is 1. The predicted octanol–water partition coefficient (Wildman–Crippen LogP) is 2.45. The highest BCUT2D eigenvalue weighted by atomic mass is 32.2. The van der Waals surface area contributed by atoms with Crippen LogP contribution in [-0.2, 0) is 31.9 Å². The van der Waals surface area contributed by atoms with Crippen LogP contribution in [0.15, 0.2) is 35.5 Å². The van der Waals surface area contributed by atoms with Crippen molar-refractivity contribution in [3.05, 3.63) is 47.3 Å². The molecule has 4 rings (SSSR count). The van der Waals surface area contributed by atoms with Gasteiger partial charge in [-0.05, 0) is 32.3 Å². The SMILES string of the molecule is Cc1nc(SCC(=O)N2CCN(S(=O)(=O)Cc3ccccc3)CC2)n(C[C@H]2CCCO2)c1C. The second-order valence-electron chi connectivity index (χ2n) is 8.62. The second-order valence-corrected chi connectivity index (χ2v) is 11.5. The van der Waals surface area contributed by atoms with Crippen molar-refractivity contribution in [1.29, 1.82) is 0 Å². The number of aromatic nitrogens is 2. The summed E-state index contributed by atoms with van der Waals surface area (Å²) in [6.07, 6.45) is 2.35. The number of carbonyl (C=O) groups is 1. The fraction of sp³-hybridized carbons (Fsp3) is 0.565. The van der Waals surface area contributed by atoms with Gasteiger partial charge in [0.1, 0.15) is 0 Å². The lowest BCUT2D eigenvalue weighted by atomic mass is 10.2. The first-order valence-electron chi connectivity index (χ1n) is 11.4. The summed E-state index contributed by atoms with van der Waals surface area (Å²) in [6, 6.07) is 9.19. The molecule has 0 spiro atoms. The standard InChI is InChI=1S/C23H32N4O4S2/c1-18-19(2)27(15-21-9-6-14-31-21)23(24-18)32-16-22(28)25-10-12-26(13-11-25)33(29,30)17-20-7-4-3-5-8-20/h3-5,7-8,21H,6,9-17H2,1-2H3/t21-/m1/s1. The molecule has 0 saturated carbocycles. The van der Waals surface area contributed by atoms with Crippen LogP contribution in [0.4, 0.5) is 0 Å². The number of sulfonamides is 1. The van der Waals surface area contributed by atoms with Crippen molar-refractivity contribution in [3.8, 4) is 0 Å². The van der Waals surface area contributed by atoms with Gasteiger partial charge in [-0.15, -0.1) is 0 Å². The number of piperazine rings is 1. The van der Waals surface area contributed by atoms with Gasteiger partial charge in [0.2, 0.25) is 15.9 Å². The molecular weight excluding hydrogens is 460 g/mol. The lowest BCUT2D eigenvalue weighted by Gasteiger charge is -2.34. The van der Waals surface area contributed by atoms with Crippen molar-refractivity contribution >= 4 is 27.7 Å². The topological polar surface area (TPSA) is 84.7 Å². The summed E-state index contributed by atoms with van der Waals surface area (Å²) >= 11 is 1.45. The van der Waals surface area contributed by atoms with E-state index in [9.17, 15) is 13.2 Å². The van der Waals surface area contributed by atoms with E-state index in [1.54, 1.807) is 4.90 Å². The van der Waals surface area contributed by atoms with Crippen LogP contribution in [-0.4, -0.2) is 77.7 Å². The second kappa shape index (κ2) is 10.6. The molecule has 33 heavy (non-hydrogen) atoms. The van der Waals surface area contributed by atoms with Gasteiger partial charge in [0.15, 0.2) is 5.16 Å². The van der Waals surface area contributed by atoms with E-state index in [-0.39, 0.29) is 23.5 Å². The Balaban J connectivity index is 1.30. The number of benzene rings is 1.